The molecule has 4 aromatic rings. The van der Waals surface area contributed by atoms with Gasteiger partial charge in [0, 0.05) is 52.5 Å². The molecule has 0 saturated carbocycles. The van der Waals surface area contributed by atoms with E-state index in [1.165, 1.54) is 0 Å². The van der Waals surface area contributed by atoms with Crippen LogP contribution in [-0.2, 0) is 6.42 Å². The lowest BCUT2D eigenvalue weighted by atomic mass is 10.0. The van der Waals surface area contributed by atoms with Crippen molar-refractivity contribution in [1.82, 2.24) is 15.2 Å². The highest BCUT2D eigenvalue weighted by Crippen LogP contribution is 2.30. The monoisotopic (exact) mass is 441 g/mol. The van der Waals surface area contributed by atoms with E-state index in [1.54, 1.807) is 12.4 Å². The third-order valence-corrected chi connectivity index (χ3v) is 4.78. The quantitative estimate of drug-likeness (QED) is 0.380. The molecule has 154 valence electrons. The molecule has 0 spiro atoms. The van der Waals surface area contributed by atoms with Gasteiger partial charge < -0.3 is 15.7 Å². The maximum absolute atomic E-state index is 9.11. The van der Waals surface area contributed by atoms with E-state index in [1.807, 2.05) is 54.6 Å². The Balaban J connectivity index is 0.00000256. The van der Waals surface area contributed by atoms with E-state index in [9.17, 15) is 0 Å². The smallest absolute Gasteiger partial charge is 0.161 e. The van der Waals surface area contributed by atoms with E-state index < -0.39 is 0 Å². The van der Waals surface area contributed by atoms with Gasteiger partial charge in [-0.15, -0.1) is 17.5 Å². The van der Waals surface area contributed by atoms with Gasteiger partial charge in [-0.25, -0.2) is 0 Å². The number of anilines is 3. The molecule has 0 bridgehead atoms. The van der Waals surface area contributed by atoms with Crippen LogP contribution in [0.4, 0.5) is 17.2 Å². The molecule has 2 aromatic heterocycles. The van der Waals surface area contributed by atoms with Crippen molar-refractivity contribution in [1.29, 1.82) is 0 Å². The van der Waals surface area contributed by atoms with Crippen molar-refractivity contribution in [2.75, 3.05) is 23.8 Å². The van der Waals surface area contributed by atoms with Crippen molar-refractivity contribution in [2.45, 2.75) is 6.42 Å². The van der Waals surface area contributed by atoms with Crippen molar-refractivity contribution >= 4 is 52.0 Å². The van der Waals surface area contributed by atoms with E-state index in [0.717, 1.165) is 33.4 Å². The Kier molecular flexibility index (Phi) is 7.41. The largest absolute Gasteiger partial charge is 0.395 e. The van der Waals surface area contributed by atoms with Crippen molar-refractivity contribution in [3.8, 4) is 0 Å². The molecular weight excluding hydrogens is 421 g/mol. The zero-order chi connectivity index (χ0) is 20.1. The molecule has 2 aromatic carbocycles. The molecule has 0 unspecified atom stereocenters. The van der Waals surface area contributed by atoms with Crippen molar-refractivity contribution in [3.63, 3.8) is 0 Å². The second kappa shape index (κ2) is 10.2. The molecule has 0 aliphatic carbocycles. The van der Waals surface area contributed by atoms with Crippen molar-refractivity contribution in [3.05, 3.63) is 83.3 Å². The molecule has 0 amide bonds. The number of rotatable bonds is 7. The van der Waals surface area contributed by atoms with E-state index >= 15 is 0 Å². The zero-order valence-electron chi connectivity index (χ0n) is 16.0. The Bertz CT molecular complexity index is 1110. The second-order valence-electron chi connectivity index (χ2n) is 6.57. The van der Waals surface area contributed by atoms with E-state index in [2.05, 4.69) is 25.8 Å². The number of nitrogens with zero attached hydrogens (tertiary/aromatic N) is 3. The first kappa shape index (κ1) is 21.8. The maximum atomic E-state index is 9.11. The lowest BCUT2D eigenvalue weighted by Crippen LogP contribution is -2.06. The normalized spacial score (nSPS) is 10.5. The molecule has 0 aliphatic rings. The first-order valence-corrected chi connectivity index (χ1v) is 9.66. The van der Waals surface area contributed by atoms with Crippen LogP contribution in [0.15, 0.2) is 67.0 Å². The summed E-state index contributed by atoms with van der Waals surface area (Å²) in [6.45, 7) is 0.545. The van der Waals surface area contributed by atoms with Gasteiger partial charge in [0.25, 0.3) is 0 Å². The number of hydrogen-bond donors (Lipinski definition) is 3. The molecule has 4 rings (SSSR count). The summed E-state index contributed by atoms with van der Waals surface area (Å²) in [5.74, 6) is 0.661. The summed E-state index contributed by atoms with van der Waals surface area (Å²) < 4.78 is 0. The third-order valence-electron chi connectivity index (χ3n) is 4.53. The zero-order valence-corrected chi connectivity index (χ0v) is 17.6. The number of aromatic nitrogens is 3. The fourth-order valence-corrected chi connectivity index (χ4v) is 3.23. The van der Waals surface area contributed by atoms with Gasteiger partial charge in [0.15, 0.2) is 5.82 Å². The minimum absolute atomic E-state index is 0. The van der Waals surface area contributed by atoms with Crippen LogP contribution >= 0.6 is 24.0 Å². The highest BCUT2D eigenvalue weighted by atomic mass is 35.5. The third kappa shape index (κ3) is 5.16. The fourth-order valence-electron chi connectivity index (χ4n) is 3.11. The molecule has 0 radical (unpaired) electrons. The fraction of sp³-hybridized carbons (Fsp3) is 0.136. The number of pyridine rings is 1. The van der Waals surface area contributed by atoms with Crippen LogP contribution in [0.2, 0.25) is 5.02 Å². The predicted molar refractivity (Wildman–Crippen MR) is 124 cm³/mol. The Morgan fingerprint density at radius 2 is 1.60 bits per heavy atom. The van der Waals surface area contributed by atoms with Crippen LogP contribution < -0.4 is 10.6 Å². The Labute approximate surface area is 185 Å². The number of aliphatic hydroxyl groups is 1. The van der Waals surface area contributed by atoms with Gasteiger partial charge >= 0.3 is 0 Å². The Morgan fingerprint density at radius 1 is 0.867 bits per heavy atom. The van der Waals surface area contributed by atoms with Crippen molar-refractivity contribution < 1.29 is 5.11 Å². The SMILES string of the molecule is Cl.OCCNc1ccc2c(Cc3ccncc3)nnc(Nc3ccc(Cl)cc3)c2c1. The number of hydrogen-bond acceptors (Lipinski definition) is 6. The standard InChI is InChI=1S/C22H20ClN5O.ClH/c23-16-1-3-17(4-2-16)26-22-20-14-18(25-11-12-29)5-6-19(20)21(27-28-22)13-15-7-9-24-10-8-15;/h1-10,14,25,29H,11-13H2,(H,26,28);1H. The van der Waals surface area contributed by atoms with Gasteiger partial charge in [-0.05, 0) is 54.1 Å². The van der Waals surface area contributed by atoms with Crippen LogP contribution in [0.5, 0.6) is 0 Å². The van der Waals surface area contributed by atoms with Crippen LogP contribution in [0.3, 0.4) is 0 Å². The number of fused-ring (bicyclic) bond motifs is 1. The van der Waals surface area contributed by atoms with Crippen LogP contribution in [0, 0.1) is 0 Å². The Hall–Kier alpha value is -2.93. The lowest BCUT2D eigenvalue weighted by molar-refractivity contribution is 0.311. The number of halogens is 2. The van der Waals surface area contributed by atoms with Gasteiger partial charge in [0.1, 0.15) is 0 Å². The summed E-state index contributed by atoms with van der Waals surface area (Å²) in [4.78, 5) is 4.07. The van der Waals surface area contributed by atoms with Gasteiger partial charge in [0.05, 0.1) is 12.3 Å². The molecule has 6 nitrogen and oxygen atoms in total. The lowest BCUT2D eigenvalue weighted by Gasteiger charge is -2.13. The summed E-state index contributed by atoms with van der Waals surface area (Å²) in [6, 6.07) is 17.4. The molecule has 0 aliphatic heterocycles. The summed E-state index contributed by atoms with van der Waals surface area (Å²) in [6.07, 6.45) is 4.22. The molecule has 0 atom stereocenters. The minimum atomic E-state index is 0. The average Bonchev–Trinajstić information content (AvgIpc) is 2.76. The van der Waals surface area contributed by atoms with E-state index in [4.69, 9.17) is 16.7 Å². The molecule has 0 fully saturated rings. The summed E-state index contributed by atoms with van der Waals surface area (Å²) in [5.41, 5.74) is 3.80. The average molecular weight is 442 g/mol. The minimum Gasteiger partial charge on any atom is -0.395 e. The highest BCUT2D eigenvalue weighted by molar-refractivity contribution is 6.30. The summed E-state index contributed by atoms with van der Waals surface area (Å²) >= 11 is 5.99. The Morgan fingerprint density at radius 3 is 2.33 bits per heavy atom. The first-order valence-electron chi connectivity index (χ1n) is 9.28. The molecule has 2 heterocycles. The second-order valence-corrected chi connectivity index (χ2v) is 7.01. The van der Waals surface area contributed by atoms with Crippen LogP contribution in [0.25, 0.3) is 10.8 Å². The highest BCUT2D eigenvalue weighted by Gasteiger charge is 2.12. The van der Waals surface area contributed by atoms with E-state index in [0.29, 0.717) is 23.8 Å². The molecule has 30 heavy (non-hydrogen) atoms. The molecule has 0 saturated heterocycles. The molecule has 8 heteroatoms. The number of nitrogens with one attached hydrogen (secondary N) is 2. The number of benzene rings is 2. The van der Waals surface area contributed by atoms with Crippen LogP contribution in [-0.4, -0.2) is 33.4 Å². The molecular formula is C22H21Cl2N5O. The topological polar surface area (TPSA) is 83.0 Å². The van der Waals surface area contributed by atoms with Gasteiger partial charge in [-0.2, -0.15) is 5.10 Å². The van der Waals surface area contributed by atoms with Gasteiger partial charge in [-0.3, -0.25) is 4.98 Å². The van der Waals surface area contributed by atoms with Crippen LogP contribution in [0.1, 0.15) is 11.3 Å². The summed E-state index contributed by atoms with van der Waals surface area (Å²) in [5, 5.41) is 27.2. The number of aliphatic hydroxyl groups excluding tert-OH is 1. The summed E-state index contributed by atoms with van der Waals surface area (Å²) in [7, 11) is 0. The van der Waals surface area contributed by atoms with Gasteiger partial charge in [-0.1, -0.05) is 17.7 Å². The first-order chi connectivity index (χ1) is 14.2. The maximum Gasteiger partial charge on any atom is 0.161 e. The van der Waals surface area contributed by atoms with Gasteiger partial charge in [0.2, 0.25) is 0 Å². The molecule has 3 N–H and O–H groups in total. The van der Waals surface area contributed by atoms with E-state index in [-0.39, 0.29) is 19.0 Å². The van der Waals surface area contributed by atoms with Crippen molar-refractivity contribution in [2.24, 2.45) is 0 Å². The predicted octanol–water partition coefficient (Wildman–Crippen LogP) is 4.84.